The lowest BCUT2D eigenvalue weighted by Gasteiger charge is -2.26. The third-order valence-corrected chi connectivity index (χ3v) is 5.36. The Morgan fingerprint density at radius 1 is 1.30 bits per heavy atom. The summed E-state index contributed by atoms with van der Waals surface area (Å²) < 4.78 is 24.5. The summed E-state index contributed by atoms with van der Waals surface area (Å²) in [5.41, 5.74) is 1.93. The second kappa shape index (κ2) is 7.42. The third-order valence-electron chi connectivity index (χ3n) is 3.62. The average molecular weight is 354 g/mol. The number of hydrogen-bond donors (Lipinski definition) is 1. The summed E-state index contributed by atoms with van der Waals surface area (Å²) in [5, 5.41) is 4.90. The molecule has 1 aromatic carbocycles. The van der Waals surface area contributed by atoms with Crippen molar-refractivity contribution in [3.8, 4) is 0 Å². The number of carbonyl (C=O) groups excluding carboxylic acids is 1. The number of rotatable bonds is 5. The standard InChI is InChI=1S/C16H16F2N2OS2/c17-16(18)23-13-3-1-12(2-4-13)19-15(21)10-20-7-5-14-11(9-20)6-8-22-14/h1-4,6,8,16H,5,7,9-10H2,(H,19,21). The van der Waals surface area contributed by atoms with Crippen LogP contribution in [0.3, 0.4) is 0 Å². The number of benzene rings is 1. The first kappa shape index (κ1) is 16.4. The van der Waals surface area contributed by atoms with Gasteiger partial charge in [0.05, 0.1) is 6.54 Å². The number of hydrogen-bond acceptors (Lipinski definition) is 4. The first-order valence-electron chi connectivity index (χ1n) is 7.22. The molecule has 23 heavy (non-hydrogen) atoms. The molecule has 1 aliphatic heterocycles. The van der Waals surface area contributed by atoms with Crippen LogP contribution >= 0.6 is 23.1 Å². The molecular weight excluding hydrogens is 338 g/mol. The average Bonchev–Trinajstić information content (AvgIpc) is 2.96. The minimum Gasteiger partial charge on any atom is -0.325 e. The fourth-order valence-corrected chi connectivity index (χ4v) is 3.95. The van der Waals surface area contributed by atoms with Gasteiger partial charge in [-0.15, -0.1) is 11.3 Å². The van der Waals surface area contributed by atoms with E-state index in [4.69, 9.17) is 0 Å². The number of halogens is 2. The molecule has 1 amide bonds. The van der Waals surface area contributed by atoms with Gasteiger partial charge in [-0.3, -0.25) is 9.69 Å². The van der Waals surface area contributed by atoms with Crippen molar-refractivity contribution in [2.24, 2.45) is 0 Å². The molecule has 3 nitrogen and oxygen atoms in total. The number of thioether (sulfide) groups is 1. The van der Waals surface area contributed by atoms with Crippen molar-refractivity contribution >= 4 is 34.7 Å². The van der Waals surface area contributed by atoms with Gasteiger partial charge in [-0.2, -0.15) is 8.78 Å². The fraction of sp³-hybridized carbons (Fsp3) is 0.312. The number of fused-ring (bicyclic) bond motifs is 1. The van der Waals surface area contributed by atoms with Crippen molar-refractivity contribution in [3.63, 3.8) is 0 Å². The van der Waals surface area contributed by atoms with Gasteiger partial charge in [0.1, 0.15) is 0 Å². The highest BCUT2D eigenvalue weighted by atomic mass is 32.2. The molecule has 1 aromatic heterocycles. The molecule has 0 spiro atoms. The molecule has 0 fully saturated rings. The van der Waals surface area contributed by atoms with Gasteiger partial charge in [-0.05, 0) is 47.7 Å². The zero-order chi connectivity index (χ0) is 16.2. The van der Waals surface area contributed by atoms with Gasteiger partial charge in [-0.1, -0.05) is 11.8 Å². The monoisotopic (exact) mass is 354 g/mol. The summed E-state index contributed by atoms with van der Waals surface area (Å²) in [6, 6.07) is 8.59. The van der Waals surface area contributed by atoms with Gasteiger partial charge < -0.3 is 5.32 Å². The molecule has 0 atom stereocenters. The highest BCUT2D eigenvalue weighted by Gasteiger charge is 2.19. The lowest BCUT2D eigenvalue weighted by molar-refractivity contribution is -0.117. The van der Waals surface area contributed by atoms with Crippen LogP contribution < -0.4 is 5.32 Å². The molecular formula is C16H16F2N2OS2. The molecule has 0 aliphatic carbocycles. The highest BCUT2D eigenvalue weighted by molar-refractivity contribution is 7.99. The topological polar surface area (TPSA) is 32.3 Å². The van der Waals surface area contributed by atoms with Gasteiger partial charge in [0.25, 0.3) is 5.76 Å². The largest absolute Gasteiger partial charge is 0.325 e. The third kappa shape index (κ3) is 4.53. The van der Waals surface area contributed by atoms with E-state index in [1.54, 1.807) is 35.6 Å². The van der Waals surface area contributed by atoms with Crippen LogP contribution in [-0.4, -0.2) is 29.7 Å². The maximum absolute atomic E-state index is 12.3. The Labute approximate surface area is 141 Å². The van der Waals surface area contributed by atoms with E-state index in [0.717, 1.165) is 19.5 Å². The summed E-state index contributed by atoms with van der Waals surface area (Å²) in [5.74, 6) is -2.52. The zero-order valence-corrected chi connectivity index (χ0v) is 13.9. The predicted molar refractivity (Wildman–Crippen MR) is 90.2 cm³/mol. The van der Waals surface area contributed by atoms with Crippen molar-refractivity contribution < 1.29 is 13.6 Å². The van der Waals surface area contributed by atoms with E-state index >= 15 is 0 Å². The molecule has 0 bridgehead atoms. The van der Waals surface area contributed by atoms with Gasteiger partial charge in [-0.25, -0.2) is 0 Å². The first-order valence-corrected chi connectivity index (χ1v) is 8.98. The Morgan fingerprint density at radius 2 is 2.09 bits per heavy atom. The van der Waals surface area contributed by atoms with Gasteiger partial charge in [0.2, 0.25) is 5.91 Å². The van der Waals surface area contributed by atoms with E-state index in [9.17, 15) is 13.6 Å². The Balaban J connectivity index is 1.51. The van der Waals surface area contributed by atoms with Crippen molar-refractivity contribution in [2.45, 2.75) is 23.6 Å². The minimum absolute atomic E-state index is 0.0852. The van der Waals surface area contributed by atoms with Crippen LogP contribution in [-0.2, 0) is 17.8 Å². The molecule has 1 aliphatic rings. The SMILES string of the molecule is O=C(CN1CCc2sccc2C1)Nc1ccc(SC(F)F)cc1. The van der Waals surface area contributed by atoms with E-state index in [-0.39, 0.29) is 5.91 Å². The van der Waals surface area contributed by atoms with Crippen LogP contribution in [0, 0.1) is 0 Å². The molecule has 122 valence electrons. The van der Waals surface area contributed by atoms with E-state index in [1.807, 2.05) is 0 Å². The van der Waals surface area contributed by atoms with Crippen molar-refractivity contribution in [2.75, 3.05) is 18.4 Å². The minimum atomic E-state index is -2.43. The second-order valence-electron chi connectivity index (χ2n) is 5.28. The van der Waals surface area contributed by atoms with E-state index in [0.29, 0.717) is 28.9 Å². The number of nitrogens with zero attached hydrogens (tertiary/aromatic N) is 1. The number of anilines is 1. The molecule has 7 heteroatoms. The molecule has 1 N–H and O–H groups in total. The highest BCUT2D eigenvalue weighted by Crippen LogP contribution is 2.26. The van der Waals surface area contributed by atoms with Crippen LogP contribution in [0.2, 0.25) is 0 Å². The lowest BCUT2D eigenvalue weighted by Crippen LogP contribution is -2.36. The summed E-state index contributed by atoms with van der Waals surface area (Å²) in [7, 11) is 0. The molecule has 2 aromatic rings. The summed E-state index contributed by atoms with van der Waals surface area (Å²) in [4.78, 5) is 16.1. The number of amides is 1. The quantitative estimate of drug-likeness (QED) is 0.822. The summed E-state index contributed by atoms with van der Waals surface area (Å²) in [6.45, 7) is 2.02. The van der Waals surface area contributed by atoms with Crippen LogP contribution in [0.5, 0.6) is 0 Å². The number of thiophene rings is 1. The lowest BCUT2D eigenvalue weighted by atomic mass is 10.1. The molecule has 0 saturated carbocycles. The fourth-order valence-electron chi connectivity index (χ4n) is 2.57. The number of nitrogens with one attached hydrogen (secondary N) is 1. The normalized spacial score (nSPS) is 14.7. The zero-order valence-electron chi connectivity index (χ0n) is 12.3. The maximum atomic E-state index is 12.3. The van der Waals surface area contributed by atoms with Crippen LogP contribution in [0.4, 0.5) is 14.5 Å². The smallest absolute Gasteiger partial charge is 0.288 e. The first-order chi connectivity index (χ1) is 11.1. The van der Waals surface area contributed by atoms with Crippen molar-refractivity contribution in [1.82, 2.24) is 4.90 Å². The maximum Gasteiger partial charge on any atom is 0.288 e. The van der Waals surface area contributed by atoms with Crippen LogP contribution in [0.1, 0.15) is 10.4 Å². The number of carbonyl (C=O) groups is 1. The molecule has 0 unspecified atom stereocenters. The molecule has 3 rings (SSSR count). The van der Waals surface area contributed by atoms with Gasteiger partial charge >= 0.3 is 0 Å². The van der Waals surface area contributed by atoms with Gasteiger partial charge in [0.15, 0.2) is 0 Å². The van der Waals surface area contributed by atoms with E-state index < -0.39 is 5.76 Å². The molecule has 0 radical (unpaired) electrons. The van der Waals surface area contributed by atoms with Crippen LogP contribution in [0.25, 0.3) is 0 Å². The molecule has 2 heterocycles. The van der Waals surface area contributed by atoms with Gasteiger partial charge in [0, 0.05) is 28.5 Å². The Kier molecular flexibility index (Phi) is 5.30. The number of alkyl halides is 2. The Morgan fingerprint density at radius 3 is 2.83 bits per heavy atom. The van der Waals surface area contributed by atoms with E-state index in [1.165, 1.54) is 10.4 Å². The molecule has 0 saturated heterocycles. The summed E-state index contributed by atoms with van der Waals surface area (Å²) >= 11 is 2.27. The predicted octanol–water partition coefficient (Wildman–Crippen LogP) is 4.06. The summed E-state index contributed by atoms with van der Waals surface area (Å²) in [6.07, 6.45) is 0.986. The Bertz CT molecular complexity index is 673. The van der Waals surface area contributed by atoms with E-state index in [2.05, 4.69) is 21.7 Å². The van der Waals surface area contributed by atoms with Crippen LogP contribution in [0.15, 0.2) is 40.6 Å². The Hall–Kier alpha value is -1.44. The second-order valence-corrected chi connectivity index (χ2v) is 7.34. The van der Waals surface area contributed by atoms with Crippen molar-refractivity contribution in [1.29, 1.82) is 0 Å². The van der Waals surface area contributed by atoms with Crippen molar-refractivity contribution in [3.05, 3.63) is 46.2 Å².